The van der Waals surface area contributed by atoms with Gasteiger partial charge in [-0.1, -0.05) is 40.9 Å². The standard InChI is InChI=1S/C30H40BrN3O9S/c1-29(2,3)42-28(38)32-23-11-9-7-5-6-8-10-19-17-30(19,27(37)41-4)33-25(35)24-16-21(18-34(24)26(23)36)43-44(39,40)22-14-12-20(31)13-15-22/h8,10,12-15,19,21,23-24H,5-7,9,11,16-18H2,1-4H3,(H,32,38)(H,33,35)/b10-8-/t19?,21-,23-,24-,30+/m0/s1. The number of hydrogen-bond acceptors (Lipinski definition) is 9. The van der Waals surface area contributed by atoms with Gasteiger partial charge in [0, 0.05) is 23.4 Å². The molecule has 1 aromatic carbocycles. The lowest BCUT2D eigenvalue weighted by Crippen LogP contribution is -2.56. The fraction of sp³-hybridized carbons (Fsp3) is 0.600. The van der Waals surface area contributed by atoms with Crippen molar-refractivity contribution in [1.29, 1.82) is 0 Å². The number of nitrogens with zero attached hydrogens (tertiary/aromatic N) is 1. The number of benzene rings is 1. The molecule has 12 nitrogen and oxygen atoms in total. The third-order valence-electron chi connectivity index (χ3n) is 7.85. The molecule has 4 rings (SSSR count). The number of rotatable bonds is 5. The van der Waals surface area contributed by atoms with Crippen LogP contribution in [0.5, 0.6) is 0 Å². The summed E-state index contributed by atoms with van der Waals surface area (Å²) in [6, 6.07) is 3.68. The van der Waals surface area contributed by atoms with Crippen LogP contribution in [0.25, 0.3) is 0 Å². The summed E-state index contributed by atoms with van der Waals surface area (Å²) in [4.78, 5) is 54.6. The number of ether oxygens (including phenoxy) is 2. The van der Waals surface area contributed by atoms with E-state index < -0.39 is 63.3 Å². The average molecular weight is 699 g/mol. The van der Waals surface area contributed by atoms with Crippen molar-refractivity contribution in [3.63, 3.8) is 0 Å². The number of carbonyl (C=O) groups excluding carboxylic acids is 4. The summed E-state index contributed by atoms with van der Waals surface area (Å²) in [6.45, 7) is 4.88. The molecule has 1 unspecified atom stereocenters. The molecule has 0 radical (unpaired) electrons. The molecule has 1 aliphatic carbocycles. The Kier molecular flexibility index (Phi) is 10.5. The van der Waals surface area contributed by atoms with Crippen LogP contribution in [0.1, 0.15) is 65.7 Å². The molecule has 1 saturated heterocycles. The average Bonchev–Trinajstić information content (AvgIpc) is 3.47. The van der Waals surface area contributed by atoms with E-state index in [1.807, 2.05) is 12.2 Å². The Labute approximate surface area is 266 Å². The number of carbonyl (C=O) groups is 4. The molecule has 2 heterocycles. The largest absolute Gasteiger partial charge is 0.467 e. The molecular formula is C30H40BrN3O9S. The highest BCUT2D eigenvalue weighted by molar-refractivity contribution is 9.10. The number of fused-ring (bicyclic) bond motifs is 2. The molecule has 1 aromatic rings. The van der Waals surface area contributed by atoms with Gasteiger partial charge in [-0.2, -0.15) is 8.42 Å². The summed E-state index contributed by atoms with van der Waals surface area (Å²) >= 11 is 3.27. The summed E-state index contributed by atoms with van der Waals surface area (Å²) in [5.41, 5.74) is -2.09. The minimum Gasteiger partial charge on any atom is -0.467 e. The van der Waals surface area contributed by atoms with Crippen molar-refractivity contribution in [1.82, 2.24) is 15.5 Å². The van der Waals surface area contributed by atoms with Gasteiger partial charge in [-0.3, -0.25) is 13.8 Å². The van der Waals surface area contributed by atoms with E-state index in [9.17, 15) is 27.6 Å². The van der Waals surface area contributed by atoms with Gasteiger partial charge in [0.25, 0.3) is 10.1 Å². The Balaban J connectivity index is 1.64. The maximum atomic E-state index is 14.1. The second-order valence-electron chi connectivity index (χ2n) is 12.4. The van der Waals surface area contributed by atoms with Crippen molar-refractivity contribution in [2.24, 2.45) is 5.92 Å². The van der Waals surface area contributed by atoms with Gasteiger partial charge in [0.1, 0.15) is 23.2 Å². The SMILES string of the molecule is COC(=O)[C@@]12CC1/C=C\CCCCC[C@H](NC(=O)OC(C)(C)C)C(=O)N1C[C@@H](OS(=O)(=O)c3ccc(Br)cc3)C[C@H]1C(=O)N2. The van der Waals surface area contributed by atoms with Gasteiger partial charge >= 0.3 is 12.1 Å². The Morgan fingerprint density at radius 2 is 1.82 bits per heavy atom. The summed E-state index contributed by atoms with van der Waals surface area (Å²) < 4.78 is 42.9. The summed E-state index contributed by atoms with van der Waals surface area (Å²) in [5.74, 6) is -2.09. The maximum Gasteiger partial charge on any atom is 0.408 e. The maximum absolute atomic E-state index is 14.1. The fourth-order valence-corrected chi connectivity index (χ4v) is 6.93. The third kappa shape index (κ3) is 8.19. The van der Waals surface area contributed by atoms with Gasteiger partial charge in [0.05, 0.1) is 18.1 Å². The molecule has 2 N–H and O–H groups in total. The van der Waals surface area contributed by atoms with E-state index in [-0.39, 0.29) is 30.2 Å². The fourth-order valence-electron chi connectivity index (χ4n) is 5.59. The van der Waals surface area contributed by atoms with Crippen LogP contribution in [0.15, 0.2) is 45.8 Å². The monoisotopic (exact) mass is 697 g/mol. The van der Waals surface area contributed by atoms with E-state index in [0.717, 1.165) is 19.3 Å². The minimum absolute atomic E-state index is 0.0809. The normalized spacial score (nSPS) is 28.8. The molecule has 242 valence electrons. The first-order valence-electron chi connectivity index (χ1n) is 14.7. The summed E-state index contributed by atoms with van der Waals surface area (Å²) in [6.07, 6.45) is 5.45. The number of halogens is 1. The molecule has 3 amide bonds. The van der Waals surface area contributed by atoms with E-state index in [1.165, 1.54) is 24.1 Å². The van der Waals surface area contributed by atoms with Crippen molar-refractivity contribution < 1.29 is 41.3 Å². The van der Waals surface area contributed by atoms with Gasteiger partial charge in [0.15, 0.2) is 0 Å². The van der Waals surface area contributed by atoms with Gasteiger partial charge in [-0.15, -0.1) is 0 Å². The van der Waals surface area contributed by atoms with Crippen LogP contribution in [0.2, 0.25) is 0 Å². The van der Waals surface area contributed by atoms with E-state index >= 15 is 0 Å². The zero-order valence-electron chi connectivity index (χ0n) is 25.3. The third-order valence-corrected chi connectivity index (χ3v) is 9.75. The number of amides is 3. The highest BCUT2D eigenvalue weighted by Crippen LogP contribution is 2.46. The lowest BCUT2D eigenvalue weighted by Gasteiger charge is -2.30. The topological polar surface area (TPSA) is 157 Å². The second kappa shape index (κ2) is 13.6. The predicted molar refractivity (Wildman–Crippen MR) is 163 cm³/mol. The Hall–Kier alpha value is -2.97. The number of alkyl carbamates (subject to hydrolysis) is 1. The van der Waals surface area contributed by atoms with Crippen LogP contribution >= 0.6 is 15.9 Å². The predicted octanol–water partition coefficient (Wildman–Crippen LogP) is 3.59. The smallest absolute Gasteiger partial charge is 0.408 e. The summed E-state index contributed by atoms with van der Waals surface area (Å²) in [5, 5.41) is 5.46. The molecule has 3 aliphatic rings. The molecular weight excluding hydrogens is 658 g/mol. The first kappa shape index (κ1) is 33.9. The molecule has 0 bridgehead atoms. The van der Waals surface area contributed by atoms with Gasteiger partial charge in [-0.05, 0) is 70.7 Å². The highest BCUT2D eigenvalue weighted by atomic mass is 79.9. The quantitative estimate of drug-likeness (QED) is 0.267. The zero-order valence-corrected chi connectivity index (χ0v) is 27.7. The van der Waals surface area contributed by atoms with Gasteiger partial charge in [-0.25, -0.2) is 9.59 Å². The van der Waals surface area contributed by atoms with Crippen LogP contribution in [-0.2, 0) is 38.2 Å². The summed E-state index contributed by atoms with van der Waals surface area (Å²) in [7, 11) is -3.00. The van der Waals surface area contributed by atoms with Crippen LogP contribution in [0.3, 0.4) is 0 Å². The molecule has 14 heteroatoms. The van der Waals surface area contributed by atoms with Crippen LogP contribution < -0.4 is 10.6 Å². The van der Waals surface area contributed by atoms with E-state index in [1.54, 1.807) is 32.9 Å². The molecule has 0 aromatic heterocycles. The Morgan fingerprint density at radius 1 is 1.11 bits per heavy atom. The minimum atomic E-state index is -4.24. The molecule has 44 heavy (non-hydrogen) atoms. The number of esters is 1. The second-order valence-corrected chi connectivity index (χ2v) is 14.9. The molecule has 0 spiro atoms. The Bertz CT molecular complexity index is 1390. The van der Waals surface area contributed by atoms with Crippen molar-refractivity contribution in [3.05, 3.63) is 40.9 Å². The first-order chi connectivity index (χ1) is 20.6. The number of allylic oxidation sites excluding steroid dienone is 1. The van der Waals surface area contributed by atoms with Crippen molar-refractivity contribution in [2.45, 2.75) is 99.9 Å². The van der Waals surface area contributed by atoms with Crippen LogP contribution in [0.4, 0.5) is 4.79 Å². The molecule has 5 atom stereocenters. The number of hydrogen-bond donors (Lipinski definition) is 2. The van der Waals surface area contributed by atoms with Crippen LogP contribution in [-0.4, -0.2) is 80.2 Å². The number of methoxy groups -OCH3 is 1. The molecule has 2 fully saturated rings. The van der Waals surface area contributed by atoms with E-state index in [0.29, 0.717) is 17.3 Å². The zero-order chi connectivity index (χ0) is 32.3. The lowest BCUT2D eigenvalue weighted by molar-refractivity contribution is -0.148. The lowest BCUT2D eigenvalue weighted by atomic mass is 10.0. The highest BCUT2D eigenvalue weighted by Gasteiger charge is 2.62. The first-order valence-corrected chi connectivity index (χ1v) is 16.9. The van der Waals surface area contributed by atoms with Gasteiger partial charge in [0.2, 0.25) is 11.8 Å². The van der Waals surface area contributed by atoms with Crippen molar-refractivity contribution in [3.8, 4) is 0 Å². The Morgan fingerprint density at radius 3 is 2.48 bits per heavy atom. The number of nitrogens with one attached hydrogen (secondary N) is 2. The van der Waals surface area contributed by atoms with E-state index in [4.69, 9.17) is 13.7 Å². The van der Waals surface area contributed by atoms with Crippen molar-refractivity contribution in [2.75, 3.05) is 13.7 Å². The van der Waals surface area contributed by atoms with Gasteiger partial charge < -0.3 is 25.0 Å². The molecule has 2 aliphatic heterocycles. The van der Waals surface area contributed by atoms with E-state index in [2.05, 4.69) is 26.6 Å². The van der Waals surface area contributed by atoms with Crippen LogP contribution in [0, 0.1) is 5.92 Å². The molecule has 1 saturated carbocycles. The van der Waals surface area contributed by atoms with Crippen molar-refractivity contribution >= 4 is 49.9 Å².